The van der Waals surface area contributed by atoms with Crippen molar-refractivity contribution in [2.24, 2.45) is 0 Å². The van der Waals surface area contributed by atoms with Crippen molar-refractivity contribution in [1.29, 1.82) is 0 Å². The van der Waals surface area contributed by atoms with Crippen LogP contribution >= 0.6 is 11.8 Å². The molecular formula is C18H24N4O2S. The lowest BCUT2D eigenvalue weighted by Gasteiger charge is -2.33. The van der Waals surface area contributed by atoms with Gasteiger partial charge in [0, 0.05) is 31.5 Å². The zero-order valence-electron chi connectivity index (χ0n) is 14.4. The van der Waals surface area contributed by atoms with Gasteiger partial charge in [0.1, 0.15) is 11.6 Å². The number of ether oxygens (including phenoxy) is 1. The predicted octanol–water partition coefficient (Wildman–Crippen LogP) is 2.25. The largest absolute Gasteiger partial charge is 0.396 e. The van der Waals surface area contributed by atoms with Crippen LogP contribution in [-0.2, 0) is 10.5 Å². The van der Waals surface area contributed by atoms with Crippen LogP contribution in [0.15, 0.2) is 35.5 Å². The van der Waals surface area contributed by atoms with E-state index in [2.05, 4.69) is 46.1 Å². The van der Waals surface area contributed by atoms with E-state index in [1.807, 2.05) is 0 Å². The molecule has 0 aliphatic carbocycles. The number of aliphatic hydroxyl groups excluding tert-OH is 1. The Kier molecular flexibility index (Phi) is 6.12. The van der Waals surface area contributed by atoms with Crippen molar-refractivity contribution in [2.75, 3.05) is 36.9 Å². The van der Waals surface area contributed by atoms with E-state index in [1.54, 1.807) is 17.8 Å². The summed E-state index contributed by atoms with van der Waals surface area (Å²) in [5, 5.41) is 9.79. The van der Waals surface area contributed by atoms with E-state index in [9.17, 15) is 0 Å². The van der Waals surface area contributed by atoms with E-state index in [1.165, 1.54) is 11.1 Å². The van der Waals surface area contributed by atoms with Crippen LogP contribution in [0.25, 0.3) is 0 Å². The summed E-state index contributed by atoms with van der Waals surface area (Å²) in [5.41, 5.74) is 8.47. The zero-order chi connectivity index (χ0) is 17.6. The Balaban J connectivity index is 1.68. The van der Waals surface area contributed by atoms with Gasteiger partial charge in [-0.1, -0.05) is 41.6 Å². The number of aromatic nitrogens is 2. The molecule has 25 heavy (non-hydrogen) atoms. The van der Waals surface area contributed by atoms with Crippen LogP contribution < -0.4 is 10.6 Å². The van der Waals surface area contributed by atoms with Gasteiger partial charge in [0.05, 0.1) is 12.7 Å². The minimum atomic E-state index is 0.0265. The van der Waals surface area contributed by atoms with Crippen LogP contribution in [0.3, 0.4) is 0 Å². The number of benzene rings is 1. The van der Waals surface area contributed by atoms with Gasteiger partial charge >= 0.3 is 0 Å². The first-order valence-electron chi connectivity index (χ1n) is 8.44. The van der Waals surface area contributed by atoms with Crippen LogP contribution in [0.2, 0.25) is 0 Å². The molecule has 0 spiro atoms. The van der Waals surface area contributed by atoms with Gasteiger partial charge in [-0.05, 0) is 18.9 Å². The van der Waals surface area contributed by atoms with E-state index < -0.39 is 0 Å². The van der Waals surface area contributed by atoms with Gasteiger partial charge in [0.15, 0.2) is 5.16 Å². The number of aryl methyl sites for hydroxylation is 1. The van der Waals surface area contributed by atoms with Crippen molar-refractivity contribution < 1.29 is 9.84 Å². The number of nitrogens with zero attached hydrogens (tertiary/aromatic N) is 3. The van der Waals surface area contributed by atoms with Gasteiger partial charge in [-0.3, -0.25) is 0 Å². The van der Waals surface area contributed by atoms with Crippen LogP contribution in [-0.4, -0.2) is 47.5 Å². The summed E-state index contributed by atoms with van der Waals surface area (Å²) in [6.45, 7) is 4.30. The second kappa shape index (κ2) is 8.51. The minimum absolute atomic E-state index is 0.0265. The van der Waals surface area contributed by atoms with Crippen molar-refractivity contribution in [3.05, 3.63) is 41.5 Å². The quantitative estimate of drug-likeness (QED) is 0.604. The molecule has 1 aliphatic rings. The van der Waals surface area contributed by atoms with Crippen molar-refractivity contribution in [2.45, 2.75) is 30.4 Å². The van der Waals surface area contributed by atoms with Crippen LogP contribution in [0, 0.1) is 6.92 Å². The summed E-state index contributed by atoms with van der Waals surface area (Å²) in [6, 6.07) is 10.3. The Bertz CT molecular complexity index is 694. The molecule has 0 saturated carbocycles. The molecule has 7 heteroatoms. The topological polar surface area (TPSA) is 84.5 Å². The maximum Gasteiger partial charge on any atom is 0.191 e. The SMILES string of the molecule is Cc1ccc(CSc2nc(N)cc(N3CCOC(CCO)C3)n2)cc1. The molecule has 0 bridgehead atoms. The predicted molar refractivity (Wildman–Crippen MR) is 101 cm³/mol. The summed E-state index contributed by atoms with van der Waals surface area (Å²) in [7, 11) is 0. The Hall–Kier alpha value is -1.83. The highest BCUT2D eigenvalue weighted by atomic mass is 32.2. The number of hydrogen-bond donors (Lipinski definition) is 2. The molecule has 0 radical (unpaired) electrons. The van der Waals surface area contributed by atoms with Crippen LogP contribution in [0.1, 0.15) is 17.5 Å². The number of morpholine rings is 1. The van der Waals surface area contributed by atoms with Crippen molar-refractivity contribution >= 4 is 23.4 Å². The minimum Gasteiger partial charge on any atom is -0.396 e. The molecule has 0 amide bonds. The Morgan fingerprint density at radius 2 is 2.12 bits per heavy atom. The number of nitrogen functional groups attached to an aromatic ring is 1. The maximum absolute atomic E-state index is 9.11. The number of anilines is 2. The summed E-state index contributed by atoms with van der Waals surface area (Å²) in [5.74, 6) is 2.10. The van der Waals surface area contributed by atoms with Crippen molar-refractivity contribution in [3.8, 4) is 0 Å². The first-order valence-corrected chi connectivity index (χ1v) is 9.43. The van der Waals surface area contributed by atoms with E-state index in [-0.39, 0.29) is 12.7 Å². The molecule has 1 unspecified atom stereocenters. The molecule has 6 nitrogen and oxygen atoms in total. The van der Waals surface area contributed by atoms with Gasteiger partial charge in [-0.25, -0.2) is 9.97 Å². The molecule has 2 aromatic rings. The third-order valence-electron chi connectivity index (χ3n) is 4.11. The molecule has 2 heterocycles. The second-order valence-corrected chi connectivity index (χ2v) is 7.10. The lowest BCUT2D eigenvalue weighted by molar-refractivity contribution is 0.0244. The second-order valence-electron chi connectivity index (χ2n) is 6.16. The van der Waals surface area contributed by atoms with E-state index >= 15 is 0 Å². The van der Waals surface area contributed by atoms with Gasteiger partial charge in [-0.15, -0.1) is 0 Å². The third-order valence-corrected chi connectivity index (χ3v) is 5.03. The molecule has 1 saturated heterocycles. The Morgan fingerprint density at radius 3 is 2.88 bits per heavy atom. The Morgan fingerprint density at radius 1 is 1.32 bits per heavy atom. The van der Waals surface area contributed by atoms with Gasteiger partial charge in [0.25, 0.3) is 0 Å². The number of thioether (sulfide) groups is 1. The Labute approximate surface area is 152 Å². The first-order chi connectivity index (χ1) is 12.1. The fourth-order valence-corrected chi connectivity index (χ4v) is 3.55. The standard InChI is InChI=1S/C18H24N4O2S/c1-13-2-4-14(5-3-13)12-25-18-20-16(19)10-17(21-18)22-7-9-24-15(11-22)6-8-23/h2-5,10,15,23H,6-9,11-12H2,1H3,(H2,19,20,21). The normalized spacial score (nSPS) is 17.7. The summed E-state index contributed by atoms with van der Waals surface area (Å²) in [6.07, 6.45) is 0.658. The molecule has 1 aromatic heterocycles. The number of rotatable bonds is 6. The number of aliphatic hydroxyl groups is 1. The zero-order valence-corrected chi connectivity index (χ0v) is 15.2. The summed E-state index contributed by atoms with van der Waals surface area (Å²) in [4.78, 5) is 11.2. The third kappa shape index (κ3) is 5.07. The summed E-state index contributed by atoms with van der Waals surface area (Å²) >= 11 is 1.58. The van der Waals surface area contributed by atoms with E-state index in [0.29, 0.717) is 30.5 Å². The fraction of sp³-hybridized carbons (Fsp3) is 0.444. The number of hydrogen-bond acceptors (Lipinski definition) is 7. The highest BCUT2D eigenvalue weighted by Gasteiger charge is 2.22. The van der Waals surface area contributed by atoms with Gasteiger partial charge in [-0.2, -0.15) is 0 Å². The summed E-state index contributed by atoms with van der Waals surface area (Å²) < 4.78 is 5.66. The lowest BCUT2D eigenvalue weighted by atomic mass is 10.2. The van der Waals surface area contributed by atoms with E-state index in [4.69, 9.17) is 15.6 Å². The average molecular weight is 360 g/mol. The molecular weight excluding hydrogens is 336 g/mol. The molecule has 1 aliphatic heterocycles. The molecule has 1 atom stereocenters. The molecule has 134 valence electrons. The van der Waals surface area contributed by atoms with E-state index in [0.717, 1.165) is 18.1 Å². The highest BCUT2D eigenvalue weighted by molar-refractivity contribution is 7.98. The van der Waals surface area contributed by atoms with Gasteiger partial charge < -0.3 is 20.5 Å². The smallest absolute Gasteiger partial charge is 0.191 e. The lowest BCUT2D eigenvalue weighted by Crippen LogP contribution is -2.43. The fourth-order valence-electron chi connectivity index (χ4n) is 2.74. The molecule has 3 rings (SSSR count). The van der Waals surface area contributed by atoms with Crippen LogP contribution in [0.5, 0.6) is 0 Å². The monoisotopic (exact) mass is 360 g/mol. The first kappa shape index (κ1) is 18.0. The van der Waals surface area contributed by atoms with Gasteiger partial charge in [0.2, 0.25) is 0 Å². The van der Waals surface area contributed by atoms with Crippen LogP contribution in [0.4, 0.5) is 11.6 Å². The van der Waals surface area contributed by atoms with Crippen molar-refractivity contribution in [3.63, 3.8) is 0 Å². The molecule has 1 fully saturated rings. The number of nitrogens with two attached hydrogens (primary N) is 1. The maximum atomic E-state index is 9.11. The average Bonchev–Trinajstić information content (AvgIpc) is 2.61. The molecule has 3 N–H and O–H groups in total. The highest BCUT2D eigenvalue weighted by Crippen LogP contribution is 2.25. The molecule has 1 aromatic carbocycles. The van der Waals surface area contributed by atoms with Crippen molar-refractivity contribution in [1.82, 2.24) is 9.97 Å².